The van der Waals surface area contributed by atoms with E-state index in [0.29, 0.717) is 18.4 Å². The van der Waals surface area contributed by atoms with Gasteiger partial charge in [-0.3, -0.25) is 4.79 Å². The summed E-state index contributed by atoms with van der Waals surface area (Å²) in [5.74, 6) is 0.191. The molecule has 1 aliphatic rings. The molecule has 1 aromatic carbocycles. The van der Waals surface area contributed by atoms with Crippen LogP contribution in [0.2, 0.25) is 0 Å². The van der Waals surface area contributed by atoms with Crippen LogP contribution in [0.5, 0.6) is 11.5 Å². The summed E-state index contributed by atoms with van der Waals surface area (Å²) in [6.45, 7) is 3.19. The molecule has 5 heteroatoms. The fourth-order valence-corrected chi connectivity index (χ4v) is 2.08. The second-order valence-electron chi connectivity index (χ2n) is 4.44. The quantitative estimate of drug-likeness (QED) is 0.729. The molecule has 1 amide bonds. The molecule has 3 N–H and O–H groups in total. The van der Waals surface area contributed by atoms with E-state index in [1.807, 2.05) is 4.90 Å². The smallest absolute Gasteiger partial charge is 0.222 e. The van der Waals surface area contributed by atoms with Crippen molar-refractivity contribution in [2.45, 2.75) is 12.8 Å². The number of benzene rings is 1. The van der Waals surface area contributed by atoms with Gasteiger partial charge in [-0.15, -0.1) is 0 Å². The first kappa shape index (κ1) is 12.7. The largest absolute Gasteiger partial charge is 0.508 e. The molecule has 0 spiro atoms. The lowest BCUT2D eigenvalue weighted by molar-refractivity contribution is -0.131. The molecule has 1 aliphatic heterocycles. The van der Waals surface area contributed by atoms with E-state index in [-0.39, 0.29) is 17.4 Å². The maximum absolute atomic E-state index is 11.9. The van der Waals surface area contributed by atoms with Crippen molar-refractivity contribution in [1.82, 2.24) is 10.2 Å². The van der Waals surface area contributed by atoms with Crippen LogP contribution < -0.4 is 5.32 Å². The maximum Gasteiger partial charge on any atom is 0.222 e. The van der Waals surface area contributed by atoms with Crippen molar-refractivity contribution in [2.24, 2.45) is 0 Å². The Balaban J connectivity index is 1.88. The lowest BCUT2D eigenvalue weighted by Crippen LogP contribution is -2.46. The Bertz CT molecular complexity index is 428. The minimum Gasteiger partial charge on any atom is -0.508 e. The number of rotatable bonds is 3. The Morgan fingerprint density at radius 3 is 2.67 bits per heavy atom. The standard InChI is InChI=1S/C13H18N2O3/c16-11-3-1-10(12(17)9-11)2-4-13(18)15-7-5-14-6-8-15/h1,3,9,14,16-17H,2,4-8H2. The van der Waals surface area contributed by atoms with Crippen LogP contribution in [0.15, 0.2) is 18.2 Å². The highest BCUT2D eigenvalue weighted by Gasteiger charge is 2.16. The molecule has 2 rings (SSSR count). The number of carbonyl (C=O) groups is 1. The highest BCUT2D eigenvalue weighted by atomic mass is 16.3. The van der Waals surface area contributed by atoms with Crippen LogP contribution in [0.4, 0.5) is 0 Å². The summed E-state index contributed by atoms with van der Waals surface area (Å²) in [4.78, 5) is 13.8. The van der Waals surface area contributed by atoms with Gasteiger partial charge in [0, 0.05) is 38.7 Å². The molecule has 0 radical (unpaired) electrons. The maximum atomic E-state index is 11.9. The van der Waals surface area contributed by atoms with Crippen molar-refractivity contribution >= 4 is 5.91 Å². The van der Waals surface area contributed by atoms with Gasteiger partial charge in [-0.2, -0.15) is 0 Å². The lowest BCUT2D eigenvalue weighted by Gasteiger charge is -2.27. The van der Waals surface area contributed by atoms with E-state index in [0.717, 1.165) is 26.2 Å². The lowest BCUT2D eigenvalue weighted by atomic mass is 10.1. The first-order valence-electron chi connectivity index (χ1n) is 6.16. The molecule has 1 fully saturated rings. The first-order valence-corrected chi connectivity index (χ1v) is 6.16. The number of nitrogens with one attached hydrogen (secondary N) is 1. The van der Waals surface area contributed by atoms with E-state index in [1.54, 1.807) is 6.07 Å². The number of nitrogens with zero attached hydrogens (tertiary/aromatic N) is 1. The van der Waals surface area contributed by atoms with Gasteiger partial charge in [-0.25, -0.2) is 0 Å². The first-order chi connectivity index (χ1) is 8.66. The number of phenols is 2. The predicted molar refractivity (Wildman–Crippen MR) is 67.5 cm³/mol. The third kappa shape index (κ3) is 3.13. The van der Waals surface area contributed by atoms with Crippen LogP contribution in [0.25, 0.3) is 0 Å². The minimum atomic E-state index is 0.0321. The Kier molecular flexibility index (Phi) is 4.04. The molecule has 0 aliphatic carbocycles. The van der Waals surface area contributed by atoms with Crippen molar-refractivity contribution in [3.05, 3.63) is 23.8 Å². The van der Waals surface area contributed by atoms with E-state index in [4.69, 9.17) is 0 Å². The predicted octanol–water partition coefficient (Wildman–Crippen LogP) is 0.462. The second kappa shape index (κ2) is 5.73. The average Bonchev–Trinajstić information content (AvgIpc) is 2.38. The Morgan fingerprint density at radius 1 is 1.28 bits per heavy atom. The van der Waals surface area contributed by atoms with E-state index in [9.17, 15) is 15.0 Å². The van der Waals surface area contributed by atoms with Crippen molar-refractivity contribution in [1.29, 1.82) is 0 Å². The summed E-state index contributed by atoms with van der Waals surface area (Å²) in [6.07, 6.45) is 0.882. The van der Waals surface area contributed by atoms with Crippen LogP contribution in [0.3, 0.4) is 0 Å². The molecule has 1 aromatic rings. The van der Waals surface area contributed by atoms with Gasteiger partial charge in [0.05, 0.1) is 0 Å². The highest BCUT2D eigenvalue weighted by molar-refractivity contribution is 5.76. The summed E-state index contributed by atoms with van der Waals surface area (Å²) >= 11 is 0. The van der Waals surface area contributed by atoms with Crippen LogP contribution in [-0.4, -0.2) is 47.2 Å². The third-order valence-corrected chi connectivity index (χ3v) is 3.15. The number of carbonyl (C=O) groups excluding carboxylic acids is 1. The summed E-state index contributed by atoms with van der Waals surface area (Å²) < 4.78 is 0. The van der Waals surface area contributed by atoms with E-state index in [1.165, 1.54) is 12.1 Å². The number of piperazine rings is 1. The van der Waals surface area contributed by atoms with Gasteiger partial charge in [-0.05, 0) is 18.1 Å². The van der Waals surface area contributed by atoms with Crippen molar-refractivity contribution in [3.63, 3.8) is 0 Å². The van der Waals surface area contributed by atoms with E-state index < -0.39 is 0 Å². The summed E-state index contributed by atoms with van der Waals surface area (Å²) in [6, 6.07) is 4.46. The van der Waals surface area contributed by atoms with Crippen LogP contribution in [0, 0.1) is 0 Å². The number of amides is 1. The topological polar surface area (TPSA) is 72.8 Å². The molecular weight excluding hydrogens is 232 g/mol. The summed E-state index contributed by atoms with van der Waals surface area (Å²) in [5, 5.41) is 22.0. The van der Waals surface area contributed by atoms with Gasteiger partial charge in [0.2, 0.25) is 5.91 Å². The molecule has 5 nitrogen and oxygen atoms in total. The Hall–Kier alpha value is -1.75. The molecule has 18 heavy (non-hydrogen) atoms. The van der Waals surface area contributed by atoms with Gasteiger partial charge in [-0.1, -0.05) is 6.07 Å². The monoisotopic (exact) mass is 250 g/mol. The Labute approximate surface area is 106 Å². The molecule has 98 valence electrons. The number of aromatic hydroxyl groups is 2. The molecule has 1 heterocycles. The number of phenolic OH excluding ortho intramolecular Hbond substituents is 2. The van der Waals surface area contributed by atoms with Crippen LogP contribution in [-0.2, 0) is 11.2 Å². The van der Waals surface area contributed by atoms with Gasteiger partial charge in [0.1, 0.15) is 11.5 Å². The molecule has 1 saturated heterocycles. The van der Waals surface area contributed by atoms with Gasteiger partial charge in [0.25, 0.3) is 0 Å². The van der Waals surface area contributed by atoms with Crippen LogP contribution >= 0.6 is 0 Å². The van der Waals surface area contributed by atoms with Gasteiger partial charge < -0.3 is 20.4 Å². The fourth-order valence-electron chi connectivity index (χ4n) is 2.08. The van der Waals surface area contributed by atoms with Crippen molar-refractivity contribution in [2.75, 3.05) is 26.2 Å². The summed E-state index contributed by atoms with van der Waals surface area (Å²) in [7, 11) is 0. The van der Waals surface area contributed by atoms with E-state index >= 15 is 0 Å². The molecule has 0 bridgehead atoms. The summed E-state index contributed by atoms with van der Waals surface area (Å²) in [5.41, 5.74) is 0.691. The molecule has 0 atom stereocenters. The number of aryl methyl sites for hydroxylation is 1. The molecule has 0 saturated carbocycles. The van der Waals surface area contributed by atoms with Crippen molar-refractivity contribution < 1.29 is 15.0 Å². The third-order valence-electron chi connectivity index (χ3n) is 3.15. The molecule has 0 aromatic heterocycles. The fraction of sp³-hybridized carbons (Fsp3) is 0.462. The number of hydrogen-bond acceptors (Lipinski definition) is 4. The zero-order chi connectivity index (χ0) is 13.0. The molecular formula is C13H18N2O3. The zero-order valence-electron chi connectivity index (χ0n) is 10.2. The van der Waals surface area contributed by atoms with Crippen LogP contribution in [0.1, 0.15) is 12.0 Å². The SMILES string of the molecule is O=C(CCc1ccc(O)cc1O)N1CCNCC1. The minimum absolute atomic E-state index is 0.0321. The highest BCUT2D eigenvalue weighted by Crippen LogP contribution is 2.23. The molecule has 0 unspecified atom stereocenters. The van der Waals surface area contributed by atoms with E-state index in [2.05, 4.69) is 5.32 Å². The van der Waals surface area contributed by atoms with Gasteiger partial charge >= 0.3 is 0 Å². The van der Waals surface area contributed by atoms with Crippen molar-refractivity contribution in [3.8, 4) is 11.5 Å². The average molecular weight is 250 g/mol. The second-order valence-corrected chi connectivity index (χ2v) is 4.44. The zero-order valence-corrected chi connectivity index (χ0v) is 10.2. The Morgan fingerprint density at radius 2 is 2.00 bits per heavy atom. The number of hydrogen-bond donors (Lipinski definition) is 3. The van der Waals surface area contributed by atoms with Gasteiger partial charge in [0.15, 0.2) is 0 Å². The normalized spacial score (nSPS) is 15.7.